The molecule has 2 aromatic carbocycles. The summed E-state index contributed by atoms with van der Waals surface area (Å²) < 4.78 is 24.2. The molecule has 0 aliphatic carbocycles. The van der Waals surface area contributed by atoms with Gasteiger partial charge in [-0.3, -0.25) is 4.79 Å². The van der Waals surface area contributed by atoms with E-state index in [0.717, 1.165) is 0 Å². The summed E-state index contributed by atoms with van der Waals surface area (Å²) in [5.74, 6) is -1.06. The Balaban J connectivity index is 2.39. The first-order valence-corrected chi connectivity index (χ1v) is 6.13. The summed E-state index contributed by atoms with van der Waals surface area (Å²) in [6.07, 6.45) is -0.835. The maximum Gasteiger partial charge on any atom is 0.199 e. The predicted octanol–water partition coefficient (Wildman–Crippen LogP) is 3.40. The normalized spacial score (nSPS) is 11.9. The van der Waals surface area contributed by atoms with E-state index in [1.807, 2.05) is 6.07 Å². The van der Waals surface area contributed by atoms with Gasteiger partial charge in [0, 0.05) is 7.11 Å². The summed E-state index contributed by atoms with van der Waals surface area (Å²) in [4.78, 5) is 12.4. The third-order valence-electron chi connectivity index (χ3n) is 3.02. The second-order valence-corrected chi connectivity index (χ2v) is 4.21. The predicted molar refractivity (Wildman–Crippen MR) is 73.5 cm³/mol. The molecule has 0 aliphatic heterocycles. The number of halogens is 1. The maximum absolute atomic E-state index is 14.1. The Morgan fingerprint density at radius 1 is 1.05 bits per heavy atom. The molecule has 0 fully saturated rings. The Morgan fingerprint density at radius 2 is 1.75 bits per heavy atom. The van der Waals surface area contributed by atoms with E-state index in [1.165, 1.54) is 26.4 Å². The molecule has 0 saturated heterocycles. The largest absolute Gasteiger partial charge is 0.494 e. The van der Waals surface area contributed by atoms with Gasteiger partial charge in [-0.05, 0) is 17.7 Å². The molecule has 104 valence electrons. The third kappa shape index (κ3) is 2.70. The van der Waals surface area contributed by atoms with Gasteiger partial charge in [-0.1, -0.05) is 36.4 Å². The molecule has 0 radical (unpaired) electrons. The van der Waals surface area contributed by atoms with Crippen LogP contribution < -0.4 is 4.74 Å². The number of carbonyl (C=O) groups is 1. The van der Waals surface area contributed by atoms with Crippen LogP contribution in [-0.4, -0.2) is 20.0 Å². The van der Waals surface area contributed by atoms with Crippen LogP contribution in [0.5, 0.6) is 5.75 Å². The second-order valence-electron chi connectivity index (χ2n) is 4.21. The first-order valence-electron chi connectivity index (χ1n) is 6.13. The lowest BCUT2D eigenvalue weighted by molar-refractivity contribution is 0.0599. The van der Waals surface area contributed by atoms with E-state index in [1.54, 1.807) is 30.3 Å². The van der Waals surface area contributed by atoms with Crippen molar-refractivity contribution >= 4 is 5.78 Å². The molecule has 4 heteroatoms. The zero-order valence-electron chi connectivity index (χ0n) is 11.3. The van der Waals surface area contributed by atoms with Crippen LogP contribution in [0.4, 0.5) is 4.39 Å². The molecular formula is C16H15FO3. The quantitative estimate of drug-likeness (QED) is 0.784. The molecule has 0 aliphatic rings. The topological polar surface area (TPSA) is 35.5 Å². The Bertz CT molecular complexity index is 596. The molecule has 1 atom stereocenters. The monoisotopic (exact) mass is 274 g/mol. The smallest absolute Gasteiger partial charge is 0.199 e. The van der Waals surface area contributed by atoms with Crippen LogP contribution in [0.15, 0.2) is 48.5 Å². The van der Waals surface area contributed by atoms with Gasteiger partial charge in [-0.25, -0.2) is 4.39 Å². The van der Waals surface area contributed by atoms with Crippen molar-refractivity contribution in [2.75, 3.05) is 14.2 Å². The van der Waals surface area contributed by atoms with Gasteiger partial charge in [0.05, 0.1) is 12.7 Å². The third-order valence-corrected chi connectivity index (χ3v) is 3.02. The van der Waals surface area contributed by atoms with Gasteiger partial charge in [-0.2, -0.15) is 0 Å². The standard InChI is InChI=1S/C16H15FO3/c1-19-13-10-6-9-12(14(13)17)15(18)16(20-2)11-7-4-3-5-8-11/h3-10,16H,1-2H3. The molecule has 0 bridgehead atoms. The Kier molecular flexibility index (Phi) is 4.48. The highest BCUT2D eigenvalue weighted by atomic mass is 19.1. The zero-order chi connectivity index (χ0) is 14.5. The molecule has 0 N–H and O–H groups in total. The number of benzene rings is 2. The van der Waals surface area contributed by atoms with E-state index in [2.05, 4.69) is 0 Å². The van der Waals surface area contributed by atoms with Crippen LogP contribution in [0, 0.1) is 5.82 Å². The van der Waals surface area contributed by atoms with E-state index in [9.17, 15) is 9.18 Å². The fourth-order valence-corrected chi connectivity index (χ4v) is 2.02. The lowest BCUT2D eigenvalue weighted by Gasteiger charge is -2.15. The van der Waals surface area contributed by atoms with Gasteiger partial charge < -0.3 is 9.47 Å². The minimum absolute atomic E-state index is 0.0405. The minimum Gasteiger partial charge on any atom is -0.494 e. The summed E-state index contributed by atoms with van der Waals surface area (Å²) in [6, 6.07) is 13.5. The highest BCUT2D eigenvalue weighted by molar-refractivity contribution is 6.00. The van der Waals surface area contributed by atoms with Crippen molar-refractivity contribution in [2.24, 2.45) is 0 Å². The Hall–Kier alpha value is -2.20. The summed E-state index contributed by atoms with van der Waals surface area (Å²) in [5, 5.41) is 0. The van der Waals surface area contributed by atoms with Crippen LogP contribution in [-0.2, 0) is 4.74 Å². The summed E-state index contributed by atoms with van der Waals surface area (Å²) in [6.45, 7) is 0. The average Bonchev–Trinajstić information content (AvgIpc) is 2.49. The van der Waals surface area contributed by atoms with Gasteiger partial charge >= 0.3 is 0 Å². The van der Waals surface area contributed by atoms with Crippen molar-refractivity contribution in [3.8, 4) is 5.75 Å². The van der Waals surface area contributed by atoms with Gasteiger partial charge in [0.1, 0.15) is 6.10 Å². The van der Waals surface area contributed by atoms with Crippen molar-refractivity contribution < 1.29 is 18.7 Å². The van der Waals surface area contributed by atoms with Crippen molar-refractivity contribution in [1.29, 1.82) is 0 Å². The molecule has 2 aromatic rings. The van der Waals surface area contributed by atoms with Crippen molar-refractivity contribution in [2.45, 2.75) is 6.10 Å². The highest BCUT2D eigenvalue weighted by Gasteiger charge is 2.25. The molecule has 20 heavy (non-hydrogen) atoms. The molecule has 1 unspecified atom stereocenters. The zero-order valence-corrected chi connectivity index (χ0v) is 11.3. The number of rotatable bonds is 5. The SMILES string of the molecule is COc1cccc(C(=O)C(OC)c2ccccc2)c1F. The van der Waals surface area contributed by atoms with Crippen LogP contribution in [0.2, 0.25) is 0 Å². The van der Waals surface area contributed by atoms with Gasteiger partial charge in [0.15, 0.2) is 17.3 Å². The van der Waals surface area contributed by atoms with Crippen molar-refractivity contribution in [1.82, 2.24) is 0 Å². The van der Waals surface area contributed by atoms with Crippen LogP contribution in [0.3, 0.4) is 0 Å². The maximum atomic E-state index is 14.1. The molecule has 0 spiro atoms. The van der Waals surface area contributed by atoms with Crippen molar-refractivity contribution in [3.63, 3.8) is 0 Å². The summed E-state index contributed by atoms with van der Waals surface area (Å²) >= 11 is 0. The van der Waals surface area contributed by atoms with E-state index < -0.39 is 17.7 Å². The highest BCUT2D eigenvalue weighted by Crippen LogP contribution is 2.26. The Morgan fingerprint density at radius 3 is 2.35 bits per heavy atom. The molecule has 0 heterocycles. The van der Waals surface area contributed by atoms with Crippen molar-refractivity contribution in [3.05, 3.63) is 65.5 Å². The van der Waals surface area contributed by atoms with E-state index in [0.29, 0.717) is 5.56 Å². The molecule has 0 amide bonds. The number of ketones is 1. The molecule has 0 saturated carbocycles. The van der Waals surface area contributed by atoms with E-state index in [4.69, 9.17) is 9.47 Å². The lowest BCUT2D eigenvalue weighted by Crippen LogP contribution is -2.16. The summed E-state index contributed by atoms with van der Waals surface area (Å²) in [7, 11) is 2.78. The number of hydrogen-bond donors (Lipinski definition) is 0. The number of hydrogen-bond acceptors (Lipinski definition) is 3. The van der Waals surface area contributed by atoms with Gasteiger partial charge in [-0.15, -0.1) is 0 Å². The number of ether oxygens (including phenoxy) is 2. The fourth-order valence-electron chi connectivity index (χ4n) is 2.02. The molecular weight excluding hydrogens is 259 g/mol. The van der Waals surface area contributed by atoms with Gasteiger partial charge in [0.25, 0.3) is 0 Å². The Labute approximate surface area is 117 Å². The van der Waals surface area contributed by atoms with E-state index >= 15 is 0 Å². The van der Waals surface area contributed by atoms with Crippen LogP contribution in [0.25, 0.3) is 0 Å². The number of carbonyl (C=O) groups excluding carboxylic acids is 1. The molecule has 2 rings (SSSR count). The minimum atomic E-state index is -0.835. The fraction of sp³-hybridized carbons (Fsp3) is 0.188. The number of Topliss-reactive ketones (excluding diaryl/α,β-unsaturated/α-hetero) is 1. The molecule has 3 nitrogen and oxygen atoms in total. The van der Waals surface area contributed by atoms with Gasteiger partial charge in [0.2, 0.25) is 0 Å². The number of methoxy groups -OCH3 is 2. The average molecular weight is 274 g/mol. The molecule has 0 aromatic heterocycles. The second kappa shape index (κ2) is 6.30. The first kappa shape index (κ1) is 14.2. The first-order chi connectivity index (χ1) is 9.69. The lowest BCUT2D eigenvalue weighted by atomic mass is 9.99. The summed E-state index contributed by atoms with van der Waals surface area (Å²) in [5.41, 5.74) is 0.641. The van der Waals surface area contributed by atoms with E-state index in [-0.39, 0.29) is 11.3 Å². The van der Waals surface area contributed by atoms with Crippen LogP contribution in [0.1, 0.15) is 22.0 Å². The van der Waals surface area contributed by atoms with Crippen LogP contribution >= 0.6 is 0 Å².